The third kappa shape index (κ3) is 5.26. The fourth-order valence-corrected chi connectivity index (χ4v) is 9.03. The van der Waals surface area contributed by atoms with Crippen LogP contribution in [0.25, 0.3) is 32.8 Å². The van der Waals surface area contributed by atoms with Crippen LogP contribution in [0, 0.1) is 41.2 Å². The Morgan fingerprint density at radius 1 is 0.959 bits per heavy atom. The maximum atomic E-state index is 16.9. The monoisotopic (exact) mass is 671 g/mol. The summed E-state index contributed by atoms with van der Waals surface area (Å²) in [5.74, 6) is -1.52. The molecule has 3 saturated heterocycles. The number of fused-ring (bicyclic) bond motifs is 5. The van der Waals surface area contributed by atoms with Crippen molar-refractivity contribution in [1.82, 2.24) is 20.2 Å². The molecule has 49 heavy (non-hydrogen) atoms. The van der Waals surface area contributed by atoms with Gasteiger partial charge >= 0.3 is 6.01 Å². The summed E-state index contributed by atoms with van der Waals surface area (Å²) in [5.41, 5.74) is 0.217. The van der Waals surface area contributed by atoms with Gasteiger partial charge in [-0.3, -0.25) is 0 Å². The maximum Gasteiger partial charge on any atom is 0.319 e. The first-order chi connectivity index (χ1) is 23.6. The lowest BCUT2D eigenvalue weighted by molar-refractivity contribution is -0.0405. The summed E-state index contributed by atoms with van der Waals surface area (Å²) in [6.07, 6.45) is 10.2. The SMILES string of the molecule is C#Cc1c(F)ccc2cc(O)cc(-c3ccc4c(N5CC6CCC(C5)N6)nc(OCC5(CN6CC7CCC(F)(F)C7C6)CC5)nc4c3F)c12. The normalized spacial score (nSPS) is 26.7. The molecule has 4 atom stereocenters. The Hall–Kier alpha value is -4.14. The number of terminal acetylenes is 1. The molecular weight excluding hydrogens is 634 g/mol. The van der Waals surface area contributed by atoms with Crippen molar-refractivity contribution in [1.29, 1.82) is 0 Å². The number of nitrogens with one attached hydrogen (secondary N) is 1. The Morgan fingerprint density at radius 2 is 1.76 bits per heavy atom. The molecule has 3 aliphatic heterocycles. The van der Waals surface area contributed by atoms with E-state index in [4.69, 9.17) is 16.1 Å². The Balaban J connectivity index is 1.08. The second-order valence-electron chi connectivity index (χ2n) is 15.0. The number of rotatable bonds is 7. The van der Waals surface area contributed by atoms with Gasteiger partial charge < -0.3 is 25.0 Å². The van der Waals surface area contributed by atoms with Gasteiger partial charge in [-0.2, -0.15) is 9.97 Å². The lowest BCUT2D eigenvalue weighted by Crippen LogP contribution is -2.51. The van der Waals surface area contributed by atoms with Crippen molar-refractivity contribution in [2.45, 2.75) is 56.5 Å². The van der Waals surface area contributed by atoms with E-state index < -0.39 is 23.5 Å². The molecule has 0 spiro atoms. The number of hydrogen-bond donors (Lipinski definition) is 2. The number of benzene rings is 3. The molecule has 4 heterocycles. The molecule has 9 rings (SSSR count). The second-order valence-corrected chi connectivity index (χ2v) is 15.0. The Bertz CT molecular complexity index is 2030. The lowest BCUT2D eigenvalue weighted by Gasteiger charge is -2.34. The van der Waals surface area contributed by atoms with Crippen LogP contribution in [0.15, 0.2) is 36.4 Å². The highest BCUT2D eigenvalue weighted by molar-refractivity contribution is 6.04. The van der Waals surface area contributed by atoms with Crippen molar-refractivity contribution in [2.24, 2.45) is 17.3 Å². The fraction of sp³-hybridized carbons (Fsp3) is 0.474. The molecule has 1 aromatic heterocycles. The summed E-state index contributed by atoms with van der Waals surface area (Å²) in [4.78, 5) is 13.8. The topological polar surface area (TPSA) is 73.8 Å². The van der Waals surface area contributed by atoms with E-state index in [0.717, 1.165) is 25.7 Å². The highest BCUT2D eigenvalue weighted by atomic mass is 19.3. The molecule has 11 heteroatoms. The highest BCUT2D eigenvalue weighted by Gasteiger charge is 2.55. The number of piperazine rings is 1. The summed E-state index contributed by atoms with van der Waals surface area (Å²) in [6.45, 7) is 3.49. The van der Waals surface area contributed by atoms with Crippen LogP contribution in [0.1, 0.15) is 44.1 Å². The first-order valence-electron chi connectivity index (χ1n) is 17.3. The molecule has 0 amide bonds. The standard InChI is InChI=1S/C38H37F4N5O2/c1-2-26-31(39)8-3-21-13-25(48)14-29(32(21)26)27-6-7-28-34(33(27)40)44-36(45-35(28)47-16-23-4-5-24(17-47)43-23)49-20-37(11-12-37)19-46-15-22-9-10-38(41,42)30(22)18-46/h1,3,6-8,13-14,22-24,30,43,48H,4-5,9-12,15-20H2. The van der Waals surface area contributed by atoms with Gasteiger partial charge in [-0.1, -0.05) is 18.1 Å². The summed E-state index contributed by atoms with van der Waals surface area (Å²) < 4.78 is 67.0. The number of likely N-dealkylation sites (tertiary alicyclic amines) is 1. The van der Waals surface area contributed by atoms with Gasteiger partial charge in [0.15, 0.2) is 5.82 Å². The minimum absolute atomic E-state index is 0.0114. The number of anilines is 1. The smallest absolute Gasteiger partial charge is 0.319 e. The molecule has 4 aromatic rings. The zero-order chi connectivity index (χ0) is 33.7. The van der Waals surface area contributed by atoms with Gasteiger partial charge in [0.05, 0.1) is 12.2 Å². The number of aromatic nitrogens is 2. The van der Waals surface area contributed by atoms with Crippen molar-refractivity contribution in [3.63, 3.8) is 0 Å². The van der Waals surface area contributed by atoms with E-state index in [-0.39, 0.29) is 51.7 Å². The summed E-state index contributed by atoms with van der Waals surface area (Å²) in [6, 6.07) is 9.63. The van der Waals surface area contributed by atoms with Crippen LogP contribution in [0.3, 0.4) is 0 Å². The third-order valence-corrected chi connectivity index (χ3v) is 11.7. The molecule has 2 N–H and O–H groups in total. The van der Waals surface area contributed by atoms with Crippen molar-refractivity contribution in [3.8, 4) is 35.2 Å². The quantitative estimate of drug-likeness (QED) is 0.172. The van der Waals surface area contributed by atoms with Crippen LogP contribution in [0.2, 0.25) is 0 Å². The Labute approximate surface area is 281 Å². The first-order valence-corrected chi connectivity index (χ1v) is 17.3. The number of aromatic hydroxyl groups is 1. The predicted molar refractivity (Wildman–Crippen MR) is 179 cm³/mol. The molecule has 254 valence electrons. The van der Waals surface area contributed by atoms with Crippen LogP contribution in [-0.4, -0.2) is 77.3 Å². The molecule has 0 radical (unpaired) electrons. The van der Waals surface area contributed by atoms with Crippen LogP contribution in [0.4, 0.5) is 23.4 Å². The molecule has 2 saturated carbocycles. The molecule has 4 unspecified atom stereocenters. The number of phenols is 1. The van der Waals surface area contributed by atoms with E-state index >= 15 is 4.39 Å². The van der Waals surface area contributed by atoms with E-state index in [0.29, 0.717) is 79.8 Å². The zero-order valence-electron chi connectivity index (χ0n) is 27.0. The van der Waals surface area contributed by atoms with Gasteiger partial charge in [0.1, 0.15) is 22.9 Å². The van der Waals surface area contributed by atoms with Crippen molar-refractivity contribution in [2.75, 3.05) is 44.2 Å². The van der Waals surface area contributed by atoms with Gasteiger partial charge in [-0.05, 0) is 73.2 Å². The number of hydrogen-bond acceptors (Lipinski definition) is 7. The van der Waals surface area contributed by atoms with Crippen molar-refractivity contribution < 1.29 is 27.4 Å². The van der Waals surface area contributed by atoms with E-state index in [2.05, 4.69) is 26.0 Å². The minimum atomic E-state index is -2.59. The predicted octanol–water partition coefficient (Wildman–Crippen LogP) is 6.49. The van der Waals surface area contributed by atoms with Gasteiger partial charge in [0, 0.05) is 78.9 Å². The summed E-state index contributed by atoms with van der Waals surface area (Å²) >= 11 is 0. The molecule has 2 aliphatic carbocycles. The Morgan fingerprint density at radius 3 is 2.49 bits per heavy atom. The number of nitrogens with zero attached hydrogens (tertiary/aromatic N) is 4. The van der Waals surface area contributed by atoms with E-state index in [9.17, 15) is 18.3 Å². The lowest BCUT2D eigenvalue weighted by atomic mass is 9.93. The number of phenolic OH excluding ortho intramolecular Hbond substituents is 1. The molecule has 5 fully saturated rings. The average molecular weight is 672 g/mol. The van der Waals surface area contributed by atoms with Gasteiger partial charge in [0.25, 0.3) is 5.92 Å². The molecule has 7 nitrogen and oxygen atoms in total. The molecule has 3 aromatic carbocycles. The van der Waals surface area contributed by atoms with E-state index in [1.807, 2.05) is 0 Å². The molecule has 5 aliphatic rings. The van der Waals surface area contributed by atoms with Crippen LogP contribution in [-0.2, 0) is 0 Å². The van der Waals surface area contributed by atoms with E-state index in [1.54, 1.807) is 12.1 Å². The average Bonchev–Trinajstić information content (AvgIpc) is 3.44. The first kappa shape index (κ1) is 30.9. The minimum Gasteiger partial charge on any atom is -0.508 e. The molecule has 2 bridgehead atoms. The van der Waals surface area contributed by atoms with Crippen LogP contribution < -0.4 is 15.0 Å². The van der Waals surface area contributed by atoms with Crippen LogP contribution in [0.5, 0.6) is 11.8 Å². The van der Waals surface area contributed by atoms with Gasteiger partial charge in [-0.15, -0.1) is 6.42 Å². The van der Waals surface area contributed by atoms with E-state index in [1.165, 1.54) is 24.3 Å². The summed E-state index contributed by atoms with van der Waals surface area (Å²) in [7, 11) is 0. The van der Waals surface area contributed by atoms with Gasteiger partial charge in [0.2, 0.25) is 0 Å². The largest absolute Gasteiger partial charge is 0.508 e. The molecular formula is C38H37F4N5O2. The fourth-order valence-electron chi connectivity index (χ4n) is 9.03. The third-order valence-electron chi connectivity index (χ3n) is 11.7. The maximum absolute atomic E-state index is 16.9. The zero-order valence-corrected chi connectivity index (χ0v) is 27.0. The second kappa shape index (κ2) is 11.2. The highest BCUT2D eigenvalue weighted by Crippen LogP contribution is 2.52. The number of halogens is 4. The number of alkyl halides is 2. The van der Waals surface area contributed by atoms with Crippen molar-refractivity contribution >= 4 is 27.5 Å². The Kier molecular flexibility index (Phi) is 7.05. The van der Waals surface area contributed by atoms with Gasteiger partial charge in [-0.25, -0.2) is 17.6 Å². The number of ether oxygens (including phenoxy) is 1. The van der Waals surface area contributed by atoms with Crippen molar-refractivity contribution in [3.05, 3.63) is 53.6 Å². The summed E-state index contributed by atoms with van der Waals surface area (Å²) in [5, 5.41) is 15.5. The van der Waals surface area contributed by atoms with Crippen LogP contribution >= 0.6 is 0 Å².